The molecule has 4 heteroatoms. The highest BCUT2D eigenvalue weighted by Crippen LogP contribution is 2.37. The summed E-state index contributed by atoms with van der Waals surface area (Å²) in [6.45, 7) is 4.59. The summed E-state index contributed by atoms with van der Waals surface area (Å²) in [6, 6.07) is 0. The molecule has 4 nitrogen and oxygen atoms in total. The number of aryl methyl sites for hydroxylation is 1. The molecule has 0 bridgehead atoms. The maximum Gasteiger partial charge on any atom is 0.254 e. The molecule has 0 aromatic carbocycles. The van der Waals surface area contributed by atoms with Crippen LogP contribution in [0.1, 0.15) is 54.0 Å². The molecule has 86 valence electrons. The first kappa shape index (κ1) is 11.0. The number of rotatable bonds is 4. The molecule has 1 aromatic heterocycles. The highest BCUT2D eigenvalue weighted by molar-refractivity contribution is 5.94. The molecule has 1 aliphatic carbocycles. The van der Waals surface area contributed by atoms with Crippen molar-refractivity contribution in [1.82, 2.24) is 15.3 Å². The Kier molecular flexibility index (Phi) is 3.17. The SMILES string of the molecule is CCCNC(=O)c1cnc(C2CC2)nc1C. The summed E-state index contributed by atoms with van der Waals surface area (Å²) in [4.78, 5) is 20.4. The molecule has 0 radical (unpaired) electrons. The molecular formula is C12H17N3O. The number of hydrogen-bond donors (Lipinski definition) is 1. The van der Waals surface area contributed by atoms with Crippen LogP contribution >= 0.6 is 0 Å². The van der Waals surface area contributed by atoms with Gasteiger partial charge in [-0.3, -0.25) is 4.79 Å². The first-order chi connectivity index (χ1) is 7.72. The third-order valence-corrected chi connectivity index (χ3v) is 2.72. The molecule has 1 amide bonds. The van der Waals surface area contributed by atoms with Gasteiger partial charge in [0.25, 0.3) is 5.91 Å². The number of amides is 1. The van der Waals surface area contributed by atoms with Crippen molar-refractivity contribution in [2.75, 3.05) is 6.54 Å². The molecule has 0 atom stereocenters. The lowest BCUT2D eigenvalue weighted by atomic mass is 10.2. The highest BCUT2D eigenvalue weighted by Gasteiger charge is 2.27. The molecule has 1 aliphatic rings. The number of carbonyl (C=O) groups excluding carboxylic acids is 1. The Hall–Kier alpha value is -1.45. The van der Waals surface area contributed by atoms with Crippen LogP contribution in [0.15, 0.2) is 6.20 Å². The van der Waals surface area contributed by atoms with Crippen LogP contribution < -0.4 is 5.32 Å². The molecule has 0 spiro atoms. The van der Waals surface area contributed by atoms with E-state index < -0.39 is 0 Å². The quantitative estimate of drug-likeness (QED) is 0.840. The Balaban J connectivity index is 2.11. The lowest BCUT2D eigenvalue weighted by Crippen LogP contribution is -2.25. The molecule has 2 rings (SSSR count). The van der Waals surface area contributed by atoms with Crippen LogP contribution in [0.5, 0.6) is 0 Å². The van der Waals surface area contributed by atoms with Gasteiger partial charge < -0.3 is 5.32 Å². The summed E-state index contributed by atoms with van der Waals surface area (Å²) >= 11 is 0. The first-order valence-electron chi connectivity index (χ1n) is 5.84. The van der Waals surface area contributed by atoms with Crippen molar-refractivity contribution >= 4 is 5.91 Å². The van der Waals surface area contributed by atoms with Crippen molar-refractivity contribution in [3.8, 4) is 0 Å². The van der Waals surface area contributed by atoms with Gasteiger partial charge in [0.15, 0.2) is 0 Å². The van der Waals surface area contributed by atoms with Crippen LogP contribution in [0.2, 0.25) is 0 Å². The molecule has 0 saturated heterocycles. The monoisotopic (exact) mass is 219 g/mol. The summed E-state index contributed by atoms with van der Waals surface area (Å²) in [5.74, 6) is 1.36. The van der Waals surface area contributed by atoms with E-state index in [1.165, 1.54) is 12.8 Å². The topological polar surface area (TPSA) is 54.9 Å². The number of nitrogens with zero attached hydrogens (tertiary/aromatic N) is 2. The van der Waals surface area contributed by atoms with Gasteiger partial charge in [0.05, 0.1) is 11.3 Å². The van der Waals surface area contributed by atoms with Crippen LogP contribution in [0.4, 0.5) is 0 Å². The fourth-order valence-electron chi connectivity index (χ4n) is 1.58. The second-order valence-corrected chi connectivity index (χ2v) is 4.26. The zero-order chi connectivity index (χ0) is 11.5. The van der Waals surface area contributed by atoms with Gasteiger partial charge in [0.1, 0.15) is 5.82 Å². The first-order valence-corrected chi connectivity index (χ1v) is 5.84. The van der Waals surface area contributed by atoms with Crippen LogP contribution in [0.25, 0.3) is 0 Å². The Morgan fingerprint density at radius 2 is 2.31 bits per heavy atom. The fraction of sp³-hybridized carbons (Fsp3) is 0.583. The van der Waals surface area contributed by atoms with E-state index in [4.69, 9.17) is 0 Å². The van der Waals surface area contributed by atoms with E-state index in [1.807, 2.05) is 13.8 Å². The van der Waals surface area contributed by atoms with E-state index in [2.05, 4.69) is 15.3 Å². The summed E-state index contributed by atoms with van der Waals surface area (Å²) in [7, 11) is 0. The Bertz CT molecular complexity index is 399. The average Bonchev–Trinajstić information content (AvgIpc) is 3.09. The van der Waals surface area contributed by atoms with Crippen molar-refractivity contribution in [1.29, 1.82) is 0 Å². The van der Waals surface area contributed by atoms with E-state index in [-0.39, 0.29) is 5.91 Å². The molecular weight excluding hydrogens is 202 g/mol. The van der Waals surface area contributed by atoms with E-state index in [0.29, 0.717) is 18.0 Å². The Morgan fingerprint density at radius 3 is 2.88 bits per heavy atom. The maximum atomic E-state index is 11.7. The summed E-state index contributed by atoms with van der Waals surface area (Å²) in [5, 5.41) is 2.83. The van der Waals surface area contributed by atoms with Crippen molar-refractivity contribution in [3.63, 3.8) is 0 Å². The molecule has 1 fully saturated rings. The molecule has 1 N–H and O–H groups in total. The zero-order valence-corrected chi connectivity index (χ0v) is 9.79. The van der Waals surface area contributed by atoms with Crippen LogP contribution in [-0.2, 0) is 0 Å². The molecule has 0 unspecified atom stereocenters. The Labute approximate surface area is 95.5 Å². The molecule has 1 heterocycles. The van der Waals surface area contributed by atoms with Gasteiger partial charge in [-0.1, -0.05) is 6.92 Å². The highest BCUT2D eigenvalue weighted by atomic mass is 16.1. The molecule has 0 aliphatic heterocycles. The second-order valence-electron chi connectivity index (χ2n) is 4.26. The van der Waals surface area contributed by atoms with E-state index in [0.717, 1.165) is 17.9 Å². The van der Waals surface area contributed by atoms with Gasteiger partial charge in [-0.2, -0.15) is 0 Å². The third-order valence-electron chi connectivity index (χ3n) is 2.72. The summed E-state index contributed by atoms with van der Waals surface area (Å²) in [6.07, 6.45) is 4.95. The summed E-state index contributed by atoms with van der Waals surface area (Å²) in [5.41, 5.74) is 1.38. The van der Waals surface area contributed by atoms with Crippen LogP contribution in [-0.4, -0.2) is 22.4 Å². The van der Waals surface area contributed by atoms with Gasteiger partial charge in [-0.05, 0) is 26.2 Å². The van der Waals surface area contributed by atoms with Crippen molar-refractivity contribution in [3.05, 3.63) is 23.3 Å². The van der Waals surface area contributed by atoms with Crippen LogP contribution in [0, 0.1) is 6.92 Å². The van der Waals surface area contributed by atoms with E-state index in [9.17, 15) is 4.79 Å². The lowest BCUT2D eigenvalue weighted by Gasteiger charge is -2.06. The van der Waals surface area contributed by atoms with E-state index in [1.54, 1.807) is 6.20 Å². The average molecular weight is 219 g/mol. The minimum Gasteiger partial charge on any atom is -0.352 e. The lowest BCUT2D eigenvalue weighted by molar-refractivity contribution is 0.0952. The van der Waals surface area contributed by atoms with Crippen molar-refractivity contribution in [2.45, 2.75) is 39.0 Å². The van der Waals surface area contributed by atoms with Gasteiger partial charge in [0.2, 0.25) is 0 Å². The standard InChI is InChI=1S/C12H17N3O/c1-3-6-13-12(16)10-7-14-11(9-4-5-9)15-8(10)2/h7,9H,3-6H2,1-2H3,(H,13,16). The number of carbonyl (C=O) groups is 1. The van der Waals surface area contributed by atoms with E-state index >= 15 is 0 Å². The van der Waals surface area contributed by atoms with Crippen molar-refractivity contribution in [2.24, 2.45) is 0 Å². The van der Waals surface area contributed by atoms with Gasteiger partial charge in [-0.15, -0.1) is 0 Å². The normalized spacial score (nSPS) is 14.9. The van der Waals surface area contributed by atoms with Gasteiger partial charge in [0, 0.05) is 18.7 Å². The molecule has 16 heavy (non-hydrogen) atoms. The second kappa shape index (κ2) is 4.60. The smallest absolute Gasteiger partial charge is 0.254 e. The number of hydrogen-bond acceptors (Lipinski definition) is 3. The molecule has 1 aromatic rings. The van der Waals surface area contributed by atoms with Gasteiger partial charge >= 0.3 is 0 Å². The molecule has 1 saturated carbocycles. The largest absolute Gasteiger partial charge is 0.352 e. The number of aromatic nitrogens is 2. The zero-order valence-electron chi connectivity index (χ0n) is 9.79. The van der Waals surface area contributed by atoms with Gasteiger partial charge in [-0.25, -0.2) is 9.97 Å². The maximum absolute atomic E-state index is 11.7. The predicted octanol–water partition coefficient (Wildman–Crippen LogP) is 1.80. The predicted molar refractivity (Wildman–Crippen MR) is 61.4 cm³/mol. The summed E-state index contributed by atoms with van der Waals surface area (Å²) < 4.78 is 0. The van der Waals surface area contributed by atoms with Crippen molar-refractivity contribution < 1.29 is 4.79 Å². The van der Waals surface area contributed by atoms with Crippen LogP contribution in [0.3, 0.4) is 0 Å². The third kappa shape index (κ3) is 2.38. The number of nitrogens with one attached hydrogen (secondary N) is 1. The Morgan fingerprint density at radius 1 is 1.56 bits per heavy atom. The fourth-order valence-corrected chi connectivity index (χ4v) is 1.58. The minimum absolute atomic E-state index is 0.0679. The minimum atomic E-state index is -0.0679.